The Balaban J connectivity index is 2.04. The van der Waals surface area contributed by atoms with Crippen molar-refractivity contribution in [3.8, 4) is 0 Å². The van der Waals surface area contributed by atoms with E-state index in [1.807, 2.05) is 12.1 Å². The molecule has 0 atom stereocenters. The minimum absolute atomic E-state index is 0.244. The molecule has 0 aromatic carbocycles. The standard InChI is InChI=1S/C12H14N4O2S/c1-7-4-8(18-11(7)12(17)16-14)6-19-9-2-3-10(13)15-5-9/h2-5H,6,14H2,1H3,(H2,13,15)(H,16,17). The molecule has 2 aromatic rings. The zero-order valence-electron chi connectivity index (χ0n) is 10.3. The molecule has 0 aliphatic carbocycles. The van der Waals surface area contributed by atoms with Crippen LogP contribution in [0.4, 0.5) is 5.82 Å². The fourth-order valence-electron chi connectivity index (χ4n) is 1.54. The summed E-state index contributed by atoms with van der Waals surface area (Å²) in [5, 5.41) is 0. The van der Waals surface area contributed by atoms with Gasteiger partial charge in [0.15, 0.2) is 5.76 Å². The highest BCUT2D eigenvalue weighted by Gasteiger charge is 2.14. The number of hydrogen-bond acceptors (Lipinski definition) is 6. The average molecular weight is 278 g/mol. The number of carbonyl (C=O) groups is 1. The van der Waals surface area contributed by atoms with Crippen LogP contribution in [0.3, 0.4) is 0 Å². The quantitative estimate of drug-likeness (QED) is 0.338. The molecule has 0 fully saturated rings. The van der Waals surface area contributed by atoms with E-state index in [0.717, 1.165) is 10.5 Å². The second-order valence-corrected chi connectivity index (χ2v) is 4.95. The number of nitrogens with two attached hydrogens (primary N) is 2. The summed E-state index contributed by atoms with van der Waals surface area (Å²) in [6.45, 7) is 1.80. The second kappa shape index (κ2) is 5.77. The molecule has 5 N–H and O–H groups in total. The van der Waals surface area contributed by atoms with Gasteiger partial charge in [-0.05, 0) is 25.1 Å². The number of furan rings is 1. The largest absolute Gasteiger partial charge is 0.455 e. The maximum atomic E-state index is 11.4. The molecular formula is C12H14N4O2S. The van der Waals surface area contributed by atoms with Crippen LogP contribution in [0, 0.1) is 6.92 Å². The zero-order valence-corrected chi connectivity index (χ0v) is 11.2. The van der Waals surface area contributed by atoms with Crippen LogP contribution in [0.5, 0.6) is 0 Å². The molecular weight excluding hydrogens is 264 g/mol. The lowest BCUT2D eigenvalue weighted by molar-refractivity contribution is 0.0923. The van der Waals surface area contributed by atoms with Gasteiger partial charge in [0, 0.05) is 16.7 Å². The fourth-order valence-corrected chi connectivity index (χ4v) is 2.28. The van der Waals surface area contributed by atoms with Gasteiger partial charge in [-0.15, -0.1) is 11.8 Å². The topological polar surface area (TPSA) is 107 Å². The fraction of sp³-hybridized carbons (Fsp3) is 0.167. The molecule has 0 bridgehead atoms. The van der Waals surface area contributed by atoms with Crippen molar-refractivity contribution in [3.05, 3.63) is 41.5 Å². The lowest BCUT2D eigenvalue weighted by Gasteiger charge is -1.99. The lowest BCUT2D eigenvalue weighted by atomic mass is 10.2. The SMILES string of the molecule is Cc1cc(CSc2ccc(N)nc2)oc1C(=O)NN. The first-order valence-electron chi connectivity index (χ1n) is 5.54. The summed E-state index contributed by atoms with van der Waals surface area (Å²) in [6.07, 6.45) is 1.70. The van der Waals surface area contributed by atoms with E-state index in [0.29, 0.717) is 17.3 Å². The van der Waals surface area contributed by atoms with Gasteiger partial charge in [0.2, 0.25) is 0 Å². The highest BCUT2D eigenvalue weighted by Crippen LogP contribution is 2.25. The number of hydrogen-bond donors (Lipinski definition) is 3. The number of aromatic nitrogens is 1. The number of anilines is 1. The molecule has 0 saturated heterocycles. The number of hydrazine groups is 1. The Morgan fingerprint density at radius 2 is 2.32 bits per heavy atom. The summed E-state index contributed by atoms with van der Waals surface area (Å²) in [5.41, 5.74) is 8.32. The summed E-state index contributed by atoms with van der Waals surface area (Å²) in [5.74, 6) is 6.69. The Kier molecular flexibility index (Phi) is 4.08. The van der Waals surface area contributed by atoms with Gasteiger partial charge < -0.3 is 10.2 Å². The minimum atomic E-state index is -0.428. The molecule has 19 heavy (non-hydrogen) atoms. The average Bonchev–Trinajstić information content (AvgIpc) is 2.78. The summed E-state index contributed by atoms with van der Waals surface area (Å²) in [4.78, 5) is 16.4. The number of aryl methyl sites for hydroxylation is 1. The van der Waals surface area contributed by atoms with Gasteiger partial charge in [-0.25, -0.2) is 10.8 Å². The van der Waals surface area contributed by atoms with E-state index in [1.54, 1.807) is 30.9 Å². The Morgan fingerprint density at radius 1 is 1.53 bits per heavy atom. The van der Waals surface area contributed by atoms with Crippen LogP contribution in [-0.4, -0.2) is 10.9 Å². The Morgan fingerprint density at radius 3 is 2.95 bits per heavy atom. The third-order valence-corrected chi connectivity index (χ3v) is 3.45. The van der Waals surface area contributed by atoms with Crippen molar-refractivity contribution in [1.29, 1.82) is 0 Å². The molecule has 0 aliphatic rings. The van der Waals surface area contributed by atoms with E-state index in [9.17, 15) is 4.79 Å². The number of thioether (sulfide) groups is 1. The van der Waals surface area contributed by atoms with Crippen LogP contribution in [0.25, 0.3) is 0 Å². The monoisotopic (exact) mass is 278 g/mol. The molecule has 7 heteroatoms. The second-order valence-electron chi connectivity index (χ2n) is 3.91. The summed E-state index contributed by atoms with van der Waals surface area (Å²) in [7, 11) is 0. The van der Waals surface area contributed by atoms with Crippen molar-refractivity contribution >= 4 is 23.5 Å². The molecule has 0 aliphatic heterocycles. The zero-order chi connectivity index (χ0) is 13.8. The molecule has 1 amide bonds. The van der Waals surface area contributed by atoms with Crippen LogP contribution in [0.1, 0.15) is 21.9 Å². The van der Waals surface area contributed by atoms with Gasteiger partial charge in [0.1, 0.15) is 11.6 Å². The molecule has 2 aromatic heterocycles. The molecule has 100 valence electrons. The van der Waals surface area contributed by atoms with Gasteiger partial charge in [-0.2, -0.15) is 0 Å². The van der Waals surface area contributed by atoms with Crippen molar-refractivity contribution in [2.75, 3.05) is 5.73 Å². The maximum Gasteiger partial charge on any atom is 0.301 e. The molecule has 0 unspecified atom stereocenters. The summed E-state index contributed by atoms with van der Waals surface area (Å²) in [6, 6.07) is 5.45. The van der Waals surface area contributed by atoms with Gasteiger partial charge >= 0.3 is 5.91 Å². The molecule has 0 radical (unpaired) electrons. The van der Waals surface area contributed by atoms with Gasteiger partial charge in [-0.1, -0.05) is 0 Å². The molecule has 6 nitrogen and oxygen atoms in total. The number of nitrogens with zero attached hydrogens (tertiary/aromatic N) is 1. The van der Waals surface area contributed by atoms with E-state index in [1.165, 1.54) is 0 Å². The van der Waals surface area contributed by atoms with Crippen LogP contribution >= 0.6 is 11.8 Å². The number of nitrogen functional groups attached to an aromatic ring is 2. The predicted octanol–water partition coefficient (Wildman–Crippen LogP) is 1.46. The third-order valence-electron chi connectivity index (χ3n) is 2.45. The Bertz CT molecular complexity index is 580. The van der Waals surface area contributed by atoms with E-state index in [-0.39, 0.29) is 5.76 Å². The van der Waals surface area contributed by atoms with Crippen LogP contribution in [0.15, 0.2) is 33.7 Å². The Labute approximate surface area is 114 Å². The van der Waals surface area contributed by atoms with Gasteiger partial charge in [-0.3, -0.25) is 10.2 Å². The van der Waals surface area contributed by atoms with Crippen molar-refractivity contribution in [2.24, 2.45) is 5.84 Å². The van der Waals surface area contributed by atoms with Crippen LogP contribution in [-0.2, 0) is 5.75 Å². The maximum absolute atomic E-state index is 11.4. The van der Waals surface area contributed by atoms with Crippen molar-refractivity contribution in [1.82, 2.24) is 10.4 Å². The Hall–Kier alpha value is -1.99. The summed E-state index contributed by atoms with van der Waals surface area (Å²) < 4.78 is 5.45. The molecule has 0 saturated carbocycles. The van der Waals surface area contributed by atoms with E-state index in [4.69, 9.17) is 16.0 Å². The molecule has 0 spiro atoms. The first kappa shape index (κ1) is 13.4. The van der Waals surface area contributed by atoms with Crippen LogP contribution < -0.4 is 17.0 Å². The first-order chi connectivity index (χ1) is 9.10. The first-order valence-corrected chi connectivity index (χ1v) is 6.53. The van der Waals surface area contributed by atoms with Crippen molar-refractivity contribution in [3.63, 3.8) is 0 Å². The number of rotatable bonds is 4. The number of pyridine rings is 1. The smallest absolute Gasteiger partial charge is 0.301 e. The number of nitrogens with one attached hydrogen (secondary N) is 1. The predicted molar refractivity (Wildman–Crippen MR) is 73.3 cm³/mol. The lowest BCUT2D eigenvalue weighted by Crippen LogP contribution is -2.30. The molecule has 2 heterocycles. The highest BCUT2D eigenvalue weighted by molar-refractivity contribution is 7.98. The van der Waals surface area contributed by atoms with E-state index in [2.05, 4.69) is 10.4 Å². The normalized spacial score (nSPS) is 10.4. The van der Waals surface area contributed by atoms with E-state index < -0.39 is 5.91 Å². The highest BCUT2D eigenvalue weighted by atomic mass is 32.2. The van der Waals surface area contributed by atoms with Crippen molar-refractivity contribution < 1.29 is 9.21 Å². The molecule has 2 rings (SSSR count). The number of amides is 1. The third kappa shape index (κ3) is 3.27. The van der Waals surface area contributed by atoms with Crippen LogP contribution in [0.2, 0.25) is 0 Å². The minimum Gasteiger partial charge on any atom is -0.455 e. The van der Waals surface area contributed by atoms with Gasteiger partial charge in [0.25, 0.3) is 0 Å². The summed E-state index contributed by atoms with van der Waals surface area (Å²) >= 11 is 1.55. The van der Waals surface area contributed by atoms with E-state index >= 15 is 0 Å². The van der Waals surface area contributed by atoms with Crippen molar-refractivity contribution in [2.45, 2.75) is 17.6 Å². The van der Waals surface area contributed by atoms with Gasteiger partial charge in [0.05, 0.1) is 5.75 Å². The number of carbonyl (C=O) groups excluding carboxylic acids is 1.